The van der Waals surface area contributed by atoms with E-state index in [0.717, 1.165) is 19.5 Å². The van der Waals surface area contributed by atoms with Gasteiger partial charge in [0, 0.05) is 26.1 Å². The predicted octanol–water partition coefficient (Wildman–Crippen LogP) is 2.95. The molecule has 2 saturated heterocycles. The lowest BCUT2D eigenvalue weighted by Gasteiger charge is -2.32. The van der Waals surface area contributed by atoms with Gasteiger partial charge >= 0.3 is 0 Å². The van der Waals surface area contributed by atoms with E-state index in [1.54, 1.807) is 11.0 Å². The van der Waals surface area contributed by atoms with Gasteiger partial charge in [0.05, 0.1) is 16.6 Å². The average molecular weight is 321 g/mol. The molecule has 0 aromatic heterocycles. The second kappa shape index (κ2) is 6.29. The molecular formula is C17H21ClN2O2. The number of carbonyl (C=O) groups excluding carboxylic acids is 2. The van der Waals surface area contributed by atoms with Gasteiger partial charge in [0.25, 0.3) is 0 Å². The quantitative estimate of drug-likeness (QED) is 0.840. The van der Waals surface area contributed by atoms with E-state index >= 15 is 0 Å². The fraction of sp³-hybridized carbons (Fsp3) is 0.529. The summed E-state index contributed by atoms with van der Waals surface area (Å²) < 4.78 is 0. The summed E-state index contributed by atoms with van der Waals surface area (Å²) >= 11 is 6.18. The molecule has 0 radical (unpaired) electrons. The summed E-state index contributed by atoms with van der Waals surface area (Å²) in [6.07, 6.45) is 2.52. The Bertz CT molecular complexity index is 590. The number of hydrogen-bond acceptors (Lipinski definition) is 2. The van der Waals surface area contributed by atoms with E-state index in [1.165, 1.54) is 6.42 Å². The molecule has 0 aliphatic carbocycles. The normalized spacial score (nSPS) is 25.6. The number of anilines is 1. The lowest BCUT2D eigenvalue weighted by atomic mass is 9.98. The van der Waals surface area contributed by atoms with E-state index < -0.39 is 0 Å². The Balaban J connectivity index is 1.72. The van der Waals surface area contributed by atoms with Crippen LogP contribution >= 0.6 is 11.6 Å². The number of para-hydroxylation sites is 1. The number of likely N-dealkylation sites (tertiary alicyclic amines) is 1. The Hall–Kier alpha value is -1.55. The zero-order valence-corrected chi connectivity index (χ0v) is 13.6. The van der Waals surface area contributed by atoms with Gasteiger partial charge in [-0.05, 0) is 30.9 Å². The summed E-state index contributed by atoms with van der Waals surface area (Å²) in [5.74, 6) is 0.412. The molecule has 22 heavy (non-hydrogen) atoms. The Morgan fingerprint density at radius 2 is 2.05 bits per heavy atom. The third kappa shape index (κ3) is 2.98. The summed E-state index contributed by atoms with van der Waals surface area (Å²) in [5.41, 5.74) is 0.705. The molecule has 4 nitrogen and oxygen atoms in total. The maximum atomic E-state index is 12.7. The summed E-state index contributed by atoms with van der Waals surface area (Å²) in [4.78, 5) is 28.5. The topological polar surface area (TPSA) is 40.6 Å². The highest BCUT2D eigenvalue weighted by atomic mass is 35.5. The van der Waals surface area contributed by atoms with Crippen LogP contribution < -0.4 is 4.90 Å². The molecule has 2 heterocycles. The maximum absolute atomic E-state index is 12.7. The second-order valence-corrected chi connectivity index (χ2v) is 6.80. The molecule has 1 aromatic rings. The number of piperidine rings is 1. The van der Waals surface area contributed by atoms with Crippen LogP contribution in [-0.2, 0) is 9.59 Å². The minimum Gasteiger partial charge on any atom is -0.342 e. The number of rotatable bonds is 2. The molecule has 2 amide bonds. The summed E-state index contributed by atoms with van der Waals surface area (Å²) in [6.45, 7) is 4.25. The smallest absolute Gasteiger partial charge is 0.228 e. The third-order valence-corrected chi connectivity index (χ3v) is 4.91. The van der Waals surface area contributed by atoms with Crippen LogP contribution in [0, 0.1) is 11.8 Å². The van der Waals surface area contributed by atoms with Gasteiger partial charge in [-0.15, -0.1) is 0 Å². The maximum Gasteiger partial charge on any atom is 0.228 e. The van der Waals surface area contributed by atoms with Gasteiger partial charge in [0.15, 0.2) is 0 Å². The first-order valence-corrected chi connectivity index (χ1v) is 8.27. The van der Waals surface area contributed by atoms with Gasteiger partial charge in [0.1, 0.15) is 0 Å². The Morgan fingerprint density at radius 3 is 2.77 bits per heavy atom. The van der Waals surface area contributed by atoms with E-state index in [4.69, 9.17) is 11.6 Å². The fourth-order valence-corrected chi connectivity index (χ4v) is 3.66. The lowest BCUT2D eigenvalue weighted by Crippen LogP contribution is -2.43. The summed E-state index contributed by atoms with van der Waals surface area (Å²) in [7, 11) is 0. The molecule has 0 spiro atoms. The van der Waals surface area contributed by atoms with Crippen LogP contribution in [0.15, 0.2) is 24.3 Å². The van der Waals surface area contributed by atoms with Crippen molar-refractivity contribution in [3.63, 3.8) is 0 Å². The standard InChI is InChI=1S/C17H21ClN2O2/c1-12-5-4-8-19(10-12)17(22)13-9-16(21)20(11-13)15-7-3-2-6-14(15)18/h2-3,6-7,12-13H,4-5,8-11H2,1H3. The molecule has 2 unspecified atom stereocenters. The largest absolute Gasteiger partial charge is 0.342 e. The minimum absolute atomic E-state index is 0.0171. The molecule has 2 aliphatic heterocycles. The molecule has 118 valence electrons. The van der Waals surface area contributed by atoms with Gasteiger partial charge in [-0.3, -0.25) is 9.59 Å². The highest BCUT2D eigenvalue weighted by Gasteiger charge is 2.38. The molecule has 0 N–H and O–H groups in total. The van der Waals surface area contributed by atoms with Crippen LogP contribution in [0.5, 0.6) is 0 Å². The lowest BCUT2D eigenvalue weighted by molar-refractivity contribution is -0.137. The number of nitrogens with zero attached hydrogens (tertiary/aromatic N) is 2. The first-order chi connectivity index (χ1) is 10.6. The number of amides is 2. The number of benzene rings is 1. The molecular weight excluding hydrogens is 300 g/mol. The molecule has 0 saturated carbocycles. The van der Waals surface area contributed by atoms with Crippen molar-refractivity contribution in [2.75, 3.05) is 24.5 Å². The van der Waals surface area contributed by atoms with Crippen molar-refractivity contribution < 1.29 is 9.59 Å². The number of hydrogen-bond donors (Lipinski definition) is 0. The highest BCUT2D eigenvalue weighted by molar-refractivity contribution is 6.33. The van der Waals surface area contributed by atoms with Crippen LogP contribution in [0.2, 0.25) is 5.02 Å². The minimum atomic E-state index is -0.242. The van der Waals surface area contributed by atoms with Crippen LogP contribution in [0.3, 0.4) is 0 Å². The highest BCUT2D eigenvalue weighted by Crippen LogP contribution is 2.32. The van der Waals surface area contributed by atoms with Crippen LogP contribution in [0.4, 0.5) is 5.69 Å². The van der Waals surface area contributed by atoms with Crippen molar-refractivity contribution in [2.24, 2.45) is 11.8 Å². The number of carbonyl (C=O) groups is 2. The zero-order chi connectivity index (χ0) is 15.7. The first kappa shape index (κ1) is 15.3. The van der Waals surface area contributed by atoms with Crippen molar-refractivity contribution in [2.45, 2.75) is 26.2 Å². The van der Waals surface area contributed by atoms with Gasteiger partial charge in [-0.2, -0.15) is 0 Å². The summed E-state index contributed by atoms with van der Waals surface area (Å²) in [6, 6.07) is 7.29. The van der Waals surface area contributed by atoms with E-state index in [0.29, 0.717) is 23.2 Å². The molecule has 0 bridgehead atoms. The molecule has 3 rings (SSSR count). The zero-order valence-electron chi connectivity index (χ0n) is 12.8. The van der Waals surface area contributed by atoms with E-state index in [-0.39, 0.29) is 24.2 Å². The molecule has 5 heteroatoms. The van der Waals surface area contributed by atoms with Crippen molar-refractivity contribution >= 4 is 29.1 Å². The van der Waals surface area contributed by atoms with Crippen LogP contribution in [0.25, 0.3) is 0 Å². The molecule has 2 aliphatic rings. The van der Waals surface area contributed by atoms with Crippen LogP contribution in [-0.4, -0.2) is 36.3 Å². The Labute approximate surface area is 136 Å². The van der Waals surface area contributed by atoms with Crippen molar-refractivity contribution in [1.82, 2.24) is 4.90 Å². The summed E-state index contributed by atoms with van der Waals surface area (Å²) in [5, 5.41) is 0.551. The van der Waals surface area contributed by atoms with Crippen molar-refractivity contribution in [3.05, 3.63) is 29.3 Å². The fourth-order valence-electron chi connectivity index (χ4n) is 3.42. The van der Waals surface area contributed by atoms with Crippen LogP contribution in [0.1, 0.15) is 26.2 Å². The second-order valence-electron chi connectivity index (χ2n) is 6.39. The third-order valence-electron chi connectivity index (χ3n) is 4.59. The molecule has 2 fully saturated rings. The SMILES string of the molecule is CC1CCCN(C(=O)C2CC(=O)N(c3ccccc3Cl)C2)C1. The monoisotopic (exact) mass is 320 g/mol. The molecule has 2 atom stereocenters. The van der Waals surface area contributed by atoms with E-state index in [1.807, 2.05) is 23.1 Å². The predicted molar refractivity (Wildman–Crippen MR) is 86.9 cm³/mol. The van der Waals surface area contributed by atoms with Gasteiger partial charge in [-0.25, -0.2) is 0 Å². The van der Waals surface area contributed by atoms with Crippen molar-refractivity contribution in [3.8, 4) is 0 Å². The van der Waals surface area contributed by atoms with Crippen molar-refractivity contribution in [1.29, 1.82) is 0 Å². The van der Waals surface area contributed by atoms with E-state index in [9.17, 15) is 9.59 Å². The number of halogens is 1. The first-order valence-electron chi connectivity index (χ1n) is 7.90. The van der Waals surface area contributed by atoms with E-state index in [2.05, 4.69) is 6.92 Å². The Kier molecular flexibility index (Phi) is 4.39. The Morgan fingerprint density at radius 1 is 1.27 bits per heavy atom. The average Bonchev–Trinajstić information content (AvgIpc) is 2.89. The van der Waals surface area contributed by atoms with Gasteiger partial charge in [0.2, 0.25) is 11.8 Å². The van der Waals surface area contributed by atoms with Gasteiger partial charge < -0.3 is 9.80 Å². The van der Waals surface area contributed by atoms with Gasteiger partial charge in [-0.1, -0.05) is 30.7 Å². The molecule has 1 aromatic carbocycles.